The van der Waals surface area contributed by atoms with Crippen molar-refractivity contribution < 1.29 is 4.79 Å². The van der Waals surface area contributed by atoms with Gasteiger partial charge in [-0.1, -0.05) is 0 Å². The van der Waals surface area contributed by atoms with E-state index in [0.717, 1.165) is 32.1 Å². The molecule has 2 aliphatic heterocycles. The molecule has 0 spiro atoms. The van der Waals surface area contributed by atoms with Crippen molar-refractivity contribution >= 4 is 30.7 Å². The molecule has 0 aromatic heterocycles. The van der Waals surface area contributed by atoms with E-state index in [2.05, 4.69) is 20.9 Å². The molecule has 1 saturated carbocycles. The zero-order valence-electron chi connectivity index (χ0n) is 10.4. The maximum absolute atomic E-state index is 11.7. The number of nitrogens with zero attached hydrogens (tertiary/aromatic N) is 1. The number of carbonyl (C=O) groups is 1. The van der Waals surface area contributed by atoms with Gasteiger partial charge in [0.05, 0.1) is 0 Å². The van der Waals surface area contributed by atoms with Crippen molar-refractivity contribution in [2.45, 2.75) is 31.6 Å². The van der Waals surface area contributed by atoms with Gasteiger partial charge in [0, 0.05) is 38.6 Å². The summed E-state index contributed by atoms with van der Waals surface area (Å²) in [7, 11) is 0. The first-order chi connectivity index (χ1) is 7.83. The smallest absolute Gasteiger partial charge is 0.223 e. The number of rotatable bonds is 2. The van der Waals surface area contributed by atoms with Crippen LogP contribution in [0.15, 0.2) is 0 Å². The fraction of sp³-hybridized carbons (Fsp3) is 0.909. The Morgan fingerprint density at radius 2 is 1.78 bits per heavy atom. The van der Waals surface area contributed by atoms with E-state index in [-0.39, 0.29) is 37.0 Å². The number of carbonyl (C=O) groups excluding carboxylic acids is 1. The summed E-state index contributed by atoms with van der Waals surface area (Å²) in [5.41, 5.74) is 0. The van der Waals surface area contributed by atoms with Crippen LogP contribution in [0.5, 0.6) is 0 Å². The molecule has 18 heavy (non-hydrogen) atoms. The Bertz CT molecular complexity index is 282. The maximum Gasteiger partial charge on any atom is 0.223 e. The van der Waals surface area contributed by atoms with E-state index in [1.807, 2.05) is 0 Å². The number of halogens is 2. The lowest BCUT2D eigenvalue weighted by Crippen LogP contribution is -2.66. The Morgan fingerprint density at radius 1 is 1.11 bits per heavy atom. The Labute approximate surface area is 120 Å². The molecule has 5 nitrogen and oxygen atoms in total. The second-order valence-corrected chi connectivity index (χ2v) is 5.07. The van der Waals surface area contributed by atoms with Gasteiger partial charge in [-0.2, -0.15) is 0 Å². The van der Waals surface area contributed by atoms with Crippen LogP contribution < -0.4 is 16.0 Å². The van der Waals surface area contributed by atoms with E-state index < -0.39 is 0 Å². The van der Waals surface area contributed by atoms with Crippen LogP contribution in [0.1, 0.15) is 19.3 Å². The third-order valence-corrected chi connectivity index (χ3v) is 3.78. The predicted molar refractivity (Wildman–Crippen MR) is 75.1 cm³/mol. The van der Waals surface area contributed by atoms with Crippen molar-refractivity contribution in [1.82, 2.24) is 20.9 Å². The number of nitrogens with one attached hydrogen (secondary N) is 3. The fourth-order valence-electron chi connectivity index (χ4n) is 2.65. The van der Waals surface area contributed by atoms with Crippen molar-refractivity contribution in [3.63, 3.8) is 0 Å². The van der Waals surface area contributed by atoms with Gasteiger partial charge in [0.2, 0.25) is 5.91 Å². The van der Waals surface area contributed by atoms with E-state index in [1.165, 1.54) is 12.8 Å². The maximum atomic E-state index is 11.7. The second-order valence-electron chi connectivity index (χ2n) is 5.07. The minimum absolute atomic E-state index is 0. The van der Waals surface area contributed by atoms with Crippen LogP contribution in [0.2, 0.25) is 0 Å². The lowest BCUT2D eigenvalue weighted by molar-refractivity contribution is -0.127. The zero-order chi connectivity index (χ0) is 11.0. The number of hydrogen-bond acceptors (Lipinski definition) is 4. The summed E-state index contributed by atoms with van der Waals surface area (Å²) in [6.07, 6.45) is 3.31. The first-order valence-electron chi connectivity index (χ1n) is 6.33. The monoisotopic (exact) mass is 296 g/mol. The molecule has 3 fully saturated rings. The summed E-state index contributed by atoms with van der Waals surface area (Å²) in [6, 6.07) is 0.411. The molecule has 7 heteroatoms. The molecule has 0 aromatic rings. The highest BCUT2D eigenvalue weighted by Crippen LogP contribution is 2.35. The number of amides is 1. The Kier molecular flexibility index (Phi) is 6.14. The highest BCUT2D eigenvalue weighted by atomic mass is 35.5. The van der Waals surface area contributed by atoms with E-state index >= 15 is 0 Å². The van der Waals surface area contributed by atoms with Crippen LogP contribution in [-0.2, 0) is 4.79 Å². The Morgan fingerprint density at radius 3 is 2.39 bits per heavy atom. The predicted octanol–water partition coefficient (Wildman–Crippen LogP) is -0.0931. The van der Waals surface area contributed by atoms with Crippen LogP contribution >= 0.6 is 24.8 Å². The molecule has 3 rings (SSSR count). The average molecular weight is 297 g/mol. The van der Waals surface area contributed by atoms with Crippen molar-refractivity contribution in [2.75, 3.05) is 26.2 Å². The number of piperazine rings is 1. The van der Waals surface area contributed by atoms with Crippen molar-refractivity contribution in [2.24, 2.45) is 5.92 Å². The molecule has 106 valence electrons. The number of hydrogen-bond donors (Lipinski definition) is 3. The summed E-state index contributed by atoms with van der Waals surface area (Å²) in [5.74, 6) is 0.954. The first kappa shape index (κ1) is 16.0. The van der Waals surface area contributed by atoms with E-state index in [1.54, 1.807) is 0 Å². The molecule has 0 bridgehead atoms. The summed E-state index contributed by atoms with van der Waals surface area (Å²) < 4.78 is 0. The first-order valence-corrected chi connectivity index (χ1v) is 6.33. The van der Waals surface area contributed by atoms with Crippen molar-refractivity contribution in [3.8, 4) is 0 Å². The van der Waals surface area contributed by atoms with Crippen molar-refractivity contribution in [1.29, 1.82) is 0 Å². The van der Waals surface area contributed by atoms with Crippen molar-refractivity contribution in [3.05, 3.63) is 0 Å². The Hall–Kier alpha value is -0.0700. The van der Waals surface area contributed by atoms with Gasteiger partial charge >= 0.3 is 0 Å². The highest BCUT2D eigenvalue weighted by molar-refractivity contribution is 5.85. The summed E-state index contributed by atoms with van der Waals surface area (Å²) in [5, 5.41) is 9.96. The highest BCUT2D eigenvalue weighted by Gasteiger charge is 2.38. The Balaban J connectivity index is 0.000000810. The molecule has 2 unspecified atom stereocenters. The average Bonchev–Trinajstić information content (AvgIpc) is 3.13. The van der Waals surface area contributed by atoms with Crippen LogP contribution in [-0.4, -0.2) is 49.3 Å². The van der Waals surface area contributed by atoms with Crippen LogP contribution in [0.3, 0.4) is 0 Å². The molecule has 0 aromatic carbocycles. The van der Waals surface area contributed by atoms with Gasteiger partial charge in [-0.05, 0) is 18.8 Å². The minimum atomic E-state index is 0. The summed E-state index contributed by atoms with van der Waals surface area (Å²) in [6.45, 7) is 4.05. The minimum Gasteiger partial charge on any atom is -0.328 e. The van der Waals surface area contributed by atoms with E-state index in [0.29, 0.717) is 12.5 Å². The largest absolute Gasteiger partial charge is 0.328 e. The van der Waals surface area contributed by atoms with Gasteiger partial charge in [0.25, 0.3) is 0 Å². The quantitative estimate of drug-likeness (QED) is 0.667. The van der Waals surface area contributed by atoms with E-state index in [9.17, 15) is 4.79 Å². The SMILES string of the molecule is Cl.Cl.O=C1CC(C2CC2)NC(N2CCNCC2)N1. The van der Waals surface area contributed by atoms with Gasteiger partial charge in [0.15, 0.2) is 0 Å². The molecule has 3 aliphatic rings. The second kappa shape index (κ2) is 6.91. The molecule has 2 saturated heterocycles. The molecule has 2 atom stereocenters. The molecule has 1 amide bonds. The zero-order valence-corrected chi connectivity index (χ0v) is 12.0. The normalized spacial score (nSPS) is 33.0. The molecule has 2 heterocycles. The van der Waals surface area contributed by atoms with Gasteiger partial charge in [-0.15, -0.1) is 24.8 Å². The third kappa shape index (κ3) is 3.71. The molecular weight excluding hydrogens is 275 g/mol. The molecule has 3 N–H and O–H groups in total. The topological polar surface area (TPSA) is 56.4 Å². The molecule has 0 radical (unpaired) electrons. The fourth-order valence-corrected chi connectivity index (χ4v) is 2.65. The third-order valence-electron chi connectivity index (χ3n) is 3.78. The lowest BCUT2D eigenvalue weighted by Gasteiger charge is -2.40. The van der Waals surface area contributed by atoms with Gasteiger partial charge in [-0.3, -0.25) is 15.0 Å². The van der Waals surface area contributed by atoms with Crippen LogP contribution in [0.4, 0.5) is 0 Å². The summed E-state index contributed by atoms with van der Waals surface area (Å²) >= 11 is 0. The van der Waals surface area contributed by atoms with E-state index in [4.69, 9.17) is 0 Å². The summed E-state index contributed by atoms with van der Waals surface area (Å²) in [4.78, 5) is 14.0. The standard InChI is InChI=1S/C11H20N4O.2ClH/c16-10-7-9(8-1-2-8)13-11(14-10)15-5-3-12-4-6-15;;/h8-9,11-13H,1-7H2,(H,14,16);2*1H. The van der Waals surface area contributed by atoms with Gasteiger partial charge in [0.1, 0.15) is 6.29 Å². The van der Waals surface area contributed by atoms with Crippen LogP contribution in [0.25, 0.3) is 0 Å². The molecule has 1 aliphatic carbocycles. The lowest BCUT2D eigenvalue weighted by atomic mass is 10.1. The van der Waals surface area contributed by atoms with Crippen LogP contribution in [0, 0.1) is 5.92 Å². The molecular formula is C11H22Cl2N4O. The van der Waals surface area contributed by atoms with Gasteiger partial charge in [-0.25, -0.2) is 0 Å². The van der Waals surface area contributed by atoms with Gasteiger partial charge < -0.3 is 10.6 Å².